The molecule has 1 unspecified atom stereocenters. The Balaban J connectivity index is 2.37. The van der Waals surface area contributed by atoms with E-state index in [9.17, 15) is 12.8 Å². The Hall–Kier alpha value is -0.940. The van der Waals surface area contributed by atoms with E-state index in [1.807, 2.05) is 0 Å². The zero-order valence-electron chi connectivity index (χ0n) is 9.03. The van der Waals surface area contributed by atoms with Crippen LogP contribution in [0, 0.1) is 5.82 Å². The van der Waals surface area contributed by atoms with Crippen LogP contribution in [0.1, 0.15) is 24.4 Å². The minimum atomic E-state index is -3.33. The predicted molar refractivity (Wildman–Crippen MR) is 59.5 cm³/mol. The Morgan fingerprint density at radius 1 is 1.44 bits per heavy atom. The minimum Gasteiger partial charge on any atom is -0.310 e. The van der Waals surface area contributed by atoms with Crippen molar-refractivity contribution in [2.75, 3.05) is 12.8 Å². The summed E-state index contributed by atoms with van der Waals surface area (Å²) in [6.45, 7) is 0.887. The van der Waals surface area contributed by atoms with Crippen LogP contribution >= 0.6 is 0 Å². The Morgan fingerprint density at radius 3 is 2.69 bits per heavy atom. The van der Waals surface area contributed by atoms with Crippen LogP contribution in [-0.4, -0.2) is 21.2 Å². The maximum absolute atomic E-state index is 13.7. The second kappa shape index (κ2) is 4.14. The molecule has 1 aromatic carbocycles. The smallest absolute Gasteiger partial charge is 0.175 e. The normalized spacial score (nSPS) is 21.2. The topological polar surface area (TPSA) is 46.2 Å². The number of hydrogen-bond donors (Lipinski definition) is 1. The van der Waals surface area contributed by atoms with Crippen molar-refractivity contribution in [3.8, 4) is 0 Å². The molecule has 0 aliphatic carbocycles. The number of hydrogen-bond acceptors (Lipinski definition) is 3. The van der Waals surface area contributed by atoms with E-state index in [1.165, 1.54) is 6.07 Å². The molecule has 5 heteroatoms. The van der Waals surface area contributed by atoms with E-state index in [-0.39, 0.29) is 10.9 Å². The summed E-state index contributed by atoms with van der Waals surface area (Å²) in [6.07, 6.45) is 3.00. The first kappa shape index (κ1) is 11.5. The summed E-state index contributed by atoms with van der Waals surface area (Å²) < 4.78 is 36.2. The van der Waals surface area contributed by atoms with Gasteiger partial charge in [0.25, 0.3) is 0 Å². The van der Waals surface area contributed by atoms with Crippen LogP contribution in [0.15, 0.2) is 23.1 Å². The van der Waals surface area contributed by atoms with E-state index in [2.05, 4.69) is 5.32 Å². The molecule has 16 heavy (non-hydrogen) atoms. The van der Waals surface area contributed by atoms with E-state index in [0.717, 1.165) is 31.7 Å². The Labute approximate surface area is 94.6 Å². The van der Waals surface area contributed by atoms with Gasteiger partial charge >= 0.3 is 0 Å². The molecule has 1 aromatic rings. The maximum atomic E-state index is 13.7. The van der Waals surface area contributed by atoms with Crippen LogP contribution in [0.4, 0.5) is 4.39 Å². The number of benzene rings is 1. The summed E-state index contributed by atoms with van der Waals surface area (Å²) >= 11 is 0. The first-order chi connectivity index (χ1) is 7.48. The molecule has 1 fully saturated rings. The maximum Gasteiger partial charge on any atom is 0.175 e. The van der Waals surface area contributed by atoms with Crippen LogP contribution < -0.4 is 5.32 Å². The van der Waals surface area contributed by atoms with E-state index in [0.29, 0.717) is 5.56 Å². The van der Waals surface area contributed by atoms with Gasteiger partial charge in [-0.15, -0.1) is 0 Å². The Bertz CT molecular complexity index is 493. The molecule has 1 heterocycles. The third-order valence-electron chi connectivity index (χ3n) is 2.84. The summed E-state index contributed by atoms with van der Waals surface area (Å²) in [4.78, 5) is 0.0340. The highest BCUT2D eigenvalue weighted by Crippen LogP contribution is 2.26. The second-order valence-corrected chi connectivity index (χ2v) is 6.12. The van der Waals surface area contributed by atoms with Crippen LogP contribution in [0.25, 0.3) is 0 Å². The lowest BCUT2D eigenvalue weighted by Crippen LogP contribution is -2.14. The summed E-state index contributed by atoms with van der Waals surface area (Å²) in [6, 6.07) is 4.15. The van der Waals surface area contributed by atoms with E-state index < -0.39 is 15.7 Å². The fraction of sp³-hybridized carbons (Fsp3) is 0.455. The molecule has 0 bridgehead atoms. The van der Waals surface area contributed by atoms with Gasteiger partial charge in [0.05, 0.1) is 4.90 Å². The van der Waals surface area contributed by atoms with Gasteiger partial charge in [0.2, 0.25) is 0 Å². The monoisotopic (exact) mass is 243 g/mol. The van der Waals surface area contributed by atoms with Crippen molar-refractivity contribution < 1.29 is 12.8 Å². The van der Waals surface area contributed by atoms with Crippen molar-refractivity contribution >= 4 is 9.84 Å². The zero-order valence-corrected chi connectivity index (χ0v) is 9.85. The van der Waals surface area contributed by atoms with Crippen LogP contribution in [0.5, 0.6) is 0 Å². The fourth-order valence-electron chi connectivity index (χ4n) is 1.97. The molecule has 88 valence electrons. The van der Waals surface area contributed by atoms with Gasteiger partial charge in [-0.05, 0) is 31.5 Å². The average Bonchev–Trinajstić information content (AvgIpc) is 2.69. The molecule has 1 aliphatic rings. The van der Waals surface area contributed by atoms with Gasteiger partial charge in [0.15, 0.2) is 9.84 Å². The summed E-state index contributed by atoms with van der Waals surface area (Å²) in [5.74, 6) is -0.442. The van der Waals surface area contributed by atoms with Crippen LogP contribution in [-0.2, 0) is 9.84 Å². The largest absolute Gasteiger partial charge is 0.310 e. The van der Waals surface area contributed by atoms with Gasteiger partial charge in [0.1, 0.15) is 5.82 Å². The molecule has 0 spiro atoms. The van der Waals surface area contributed by atoms with E-state index >= 15 is 0 Å². The lowest BCUT2D eigenvalue weighted by molar-refractivity contribution is 0.553. The highest BCUT2D eigenvalue weighted by molar-refractivity contribution is 7.90. The van der Waals surface area contributed by atoms with Gasteiger partial charge in [-0.3, -0.25) is 0 Å². The molecule has 0 amide bonds. The van der Waals surface area contributed by atoms with Gasteiger partial charge in [0, 0.05) is 17.9 Å². The lowest BCUT2D eigenvalue weighted by atomic mass is 10.1. The van der Waals surface area contributed by atoms with E-state index in [1.54, 1.807) is 6.07 Å². The Kier molecular flexibility index (Phi) is 2.99. The molecule has 0 saturated carbocycles. The van der Waals surface area contributed by atoms with E-state index in [4.69, 9.17) is 0 Å². The molecule has 1 N–H and O–H groups in total. The first-order valence-electron chi connectivity index (χ1n) is 5.21. The molecular formula is C11H14FNO2S. The van der Waals surface area contributed by atoms with Crippen LogP contribution in [0.3, 0.4) is 0 Å². The minimum absolute atomic E-state index is 0.0219. The SMILES string of the molecule is CS(=O)(=O)c1ccc(C2CCCN2)c(F)c1. The fourth-order valence-corrected chi connectivity index (χ4v) is 2.60. The van der Waals surface area contributed by atoms with Crippen molar-refractivity contribution in [2.45, 2.75) is 23.8 Å². The average molecular weight is 243 g/mol. The summed E-state index contributed by atoms with van der Waals surface area (Å²) in [7, 11) is -3.33. The molecule has 1 atom stereocenters. The van der Waals surface area contributed by atoms with Gasteiger partial charge in [-0.2, -0.15) is 0 Å². The second-order valence-electron chi connectivity index (χ2n) is 4.10. The number of nitrogens with one attached hydrogen (secondary N) is 1. The van der Waals surface area contributed by atoms with Crippen LogP contribution in [0.2, 0.25) is 0 Å². The van der Waals surface area contributed by atoms with Crippen molar-refractivity contribution in [3.63, 3.8) is 0 Å². The van der Waals surface area contributed by atoms with Crippen molar-refractivity contribution in [2.24, 2.45) is 0 Å². The molecule has 0 radical (unpaired) electrons. The third kappa shape index (κ3) is 2.25. The van der Waals surface area contributed by atoms with Gasteiger partial charge in [-0.1, -0.05) is 6.07 Å². The summed E-state index contributed by atoms with van der Waals surface area (Å²) in [5.41, 5.74) is 0.560. The molecule has 3 nitrogen and oxygen atoms in total. The van der Waals surface area contributed by atoms with Crippen molar-refractivity contribution in [3.05, 3.63) is 29.6 Å². The third-order valence-corrected chi connectivity index (χ3v) is 3.95. The zero-order chi connectivity index (χ0) is 11.8. The van der Waals surface area contributed by atoms with Crippen molar-refractivity contribution in [1.82, 2.24) is 5.32 Å². The van der Waals surface area contributed by atoms with Gasteiger partial charge < -0.3 is 5.32 Å². The summed E-state index contributed by atoms with van der Waals surface area (Å²) in [5, 5.41) is 3.18. The Morgan fingerprint density at radius 2 is 2.19 bits per heavy atom. The quantitative estimate of drug-likeness (QED) is 0.859. The lowest BCUT2D eigenvalue weighted by Gasteiger charge is -2.12. The highest BCUT2D eigenvalue weighted by atomic mass is 32.2. The molecule has 1 saturated heterocycles. The number of rotatable bonds is 2. The molecule has 0 aromatic heterocycles. The predicted octanol–water partition coefficient (Wildman–Crippen LogP) is 1.65. The number of sulfone groups is 1. The molecule has 1 aliphatic heterocycles. The standard InChI is InChI=1S/C11H14FNO2S/c1-16(14,15)8-4-5-9(10(12)7-8)11-3-2-6-13-11/h4-5,7,11,13H,2-3,6H2,1H3. The molecular weight excluding hydrogens is 229 g/mol. The highest BCUT2D eigenvalue weighted by Gasteiger charge is 2.20. The van der Waals surface area contributed by atoms with Gasteiger partial charge in [-0.25, -0.2) is 12.8 Å². The molecule has 2 rings (SSSR count). The number of halogens is 1. The van der Waals surface area contributed by atoms with Crippen molar-refractivity contribution in [1.29, 1.82) is 0 Å². The first-order valence-corrected chi connectivity index (χ1v) is 7.10.